The van der Waals surface area contributed by atoms with Crippen LogP contribution in [0.2, 0.25) is 10.0 Å². The van der Waals surface area contributed by atoms with Crippen molar-refractivity contribution in [1.82, 2.24) is 15.3 Å². The number of hydrogen-bond donors (Lipinski definition) is 3. The van der Waals surface area contributed by atoms with Gasteiger partial charge in [-0.15, -0.1) is 0 Å². The van der Waals surface area contributed by atoms with Gasteiger partial charge in [0.05, 0.1) is 11.9 Å². The number of anilines is 2. The molecular weight excluding hydrogens is 473 g/mol. The molecule has 3 aromatic rings. The van der Waals surface area contributed by atoms with Gasteiger partial charge in [-0.3, -0.25) is 4.79 Å². The summed E-state index contributed by atoms with van der Waals surface area (Å²) in [6.07, 6.45) is 1.62. The average molecular weight is 502 g/mol. The van der Waals surface area contributed by atoms with Crippen molar-refractivity contribution in [2.45, 2.75) is 52.4 Å². The van der Waals surface area contributed by atoms with Crippen molar-refractivity contribution in [3.8, 4) is 11.3 Å². The zero-order valence-electron chi connectivity index (χ0n) is 19.7. The molecule has 1 unspecified atom stereocenters. The van der Waals surface area contributed by atoms with Crippen molar-refractivity contribution < 1.29 is 9.53 Å². The Hall–Kier alpha value is -2.87. The zero-order valence-corrected chi connectivity index (χ0v) is 21.2. The molecule has 0 spiro atoms. The van der Waals surface area contributed by atoms with Crippen LogP contribution in [0.4, 0.5) is 11.6 Å². The van der Waals surface area contributed by atoms with Crippen molar-refractivity contribution in [3.05, 3.63) is 69.8 Å². The summed E-state index contributed by atoms with van der Waals surface area (Å²) in [4.78, 5) is 21.1. The Morgan fingerprint density at radius 2 is 1.79 bits per heavy atom. The van der Waals surface area contributed by atoms with Gasteiger partial charge < -0.3 is 21.1 Å². The topological polar surface area (TPSA) is 102 Å². The van der Waals surface area contributed by atoms with Gasteiger partial charge in [-0.05, 0) is 51.5 Å². The highest BCUT2D eigenvalue weighted by Gasteiger charge is 2.21. The lowest BCUT2D eigenvalue weighted by atomic mass is 10.1. The highest BCUT2D eigenvalue weighted by Crippen LogP contribution is 2.27. The Bertz CT molecular complexity index is 1140. The summed E-state index contributed by atoms with van der Waals surface area (Å²) >= 11 is 12.5. The van der Waals surface area contributed by atoms with Crippen LogP contribution in [0.3, 0.4) is 0 Å². The number of hydrogen-bond acceptors (Lipinski definition) is 7. The van der Waals surface area contributed by atoms with Crippen molar-refractivity contribution >= 4 is 40.8 Å². The number of nitrogen functional groups attached to an aromatic ring is 1. The molecule has 7 nitrogen and oxygen atoms in total. The van der Waals surface area contributed by atoms with Crippen molar-refractivity contribution in [2.75, 3.05) is 11.1 Å². The molecule has 4 N–H and O–H groups in total. The van der Waals surface area contributed by atoms with Gasteiger partial charge in [-0.2, -0.15) is 0 Å². The van der Waals surface area contributed by atoms with E-state index >= 15 is 0 Å². The lowest BCUT2D eigenvalue weighted by Crippen LogP contribution is -2.38. The largest absolute Gasteiger partial charge is 0.459 e. The number of esters is 1. The number of nitrogens with zero attached hydrogens (tertiary/aromatic N) is 2. The normalized spacial score (nSPS) is 12.3. The SMILES string of the molecule is CC(NCc1cccc(-c2cnc(N)c(NCc3c(Cl)cccc3Cl)n2)c1)C(=O)OC(C)(C)C. The van der Waals surface area contributed by atoms with E-state index in [0.29, 0.717) is 34.6 Å². The number of halogens is 2. The maximum absolute atomic E-state index is 12.2. The smallest absolute Gasteiger partial charge is 0.323 e. The third-order valence-electron chi connectivity index (χ3n) is 4.89. The molecule has 0 saturated carbocycles. The van der Waals surface area contributed by atoms with E-state index in [1.54, 1.807) is 31.3 Å². The Balaban J connectivity index is 1.71. The van der Waals surface area contributed by atoms with Crippen molar-refractivity contribution in [2.24, 2.45) is 0 Å². The number of nitrogens with two attached hydrogens (primary N) is 1. The van der Waals surface area contributed by atoms with Crippen LogP contribution >= 0.6 is 23.2 Å². The zero-order chi connectivity index (χ0) is 24.9. The van der Waals surface area contributed by atoms with Crippen LogP contribution in [0.15, 0.2) is 48.7 Å². The Morgan fingerprint density at radius 3 is 2.47 bits per heavy atom. The van der Waals surface area contributed by atoms with Crippen LogP contribution in [0.5, 0.6) is 0 Å². The molecule has 1 atom stereocenters. The third-order valence-corrected chi connectivity index (χ3v) is 5.60. The second kappa shape index (κ2) is 11.0. The first-order valence-corrected chi connectivity index (χ1v) is 11.6. The van der Waals surface area contributed by atoms with Crippen LogP contribution < -0.4 is 16.4 Å². The van der Waals surface area contributed by atoms with Gasteiger partial charge in [0, 0.05) is 34.3 Å². The van der Waals surface area contributed by atoms with Crippen LogP contribution in [-0.4, -0.2) is 27.6 Å². The van der Waals surface area contributed by atoms with E-state index in [1.807, 2.05) is 45.0 Å². The standard InChI is InChI=1S/C25H29Cl2N5O2/c1-15(24(33)34-25(2,3)4)29-12-16-7-5-8-17(11-16)21-14-30-22(28)23(32-21)31-13-18-19(26)9-6-10-20(18)27/h5-11,14-15,29H,12-13H2,1-4H3,(H2,28,30)(H,31,32). The molecule has 0 radical (unpaired) electrons. The van der Waals surface area contributed by atoms with E-state index in [4.69, 9.17) is 33.7 Å². The molecular formula is C25H29Cl2N5O2. The molecule has 3 rings (SSSR count). The highest BCUT2D eigenvalue weighted by molar-refractivity contribution is 6.36. The van der Waals surface area contributed by atoms with E-state index in [2.05, 4.69) is 20.6 Å². The third kappa shape index (κ3) is 7.06. The summed E-state index contributed by atoms with van der Waals surface area (Å²) in [6.45, 7) is 8.18. The molecule has 1 heterocycles. The maximum atomic E-state index is 12.2. The van der Waals surface area contributed by atoms with Crippen molar-refractivity contribution in [3.63, 3.8) is 0 Å². The van der Waals surface area contributed by atoms with Crippen LogP contribution in [0.1, 0.15) is 38.8 Å². The van der Waals surface area contributed by atoms with Crippen LogP contribution in [0, 0.1) is 0 Å². The summed E-state index contributed by atoms with van der Waals surface area (Å²) in [5.41, 5.74) is 8.78. The second-order valence-electron chi connectivity index (χ2n) is 8.88. The summed E-state index contributed by atoms with van der Waals surface area (Å²) in [7, 11) is 0. The number of benzene rings is 2. The highest BCUT2D eigenvalue weighted by atomic mass is 35.5. The number of aromatic nitrogens is 2. The molecule has 0 bridgehead atoms. The van der Waals surface area contributed by atoms with E-state index < -0.39 is 11.6 Å². The monoisotopic (exact) mass is 501 g/mol. The van der Waals surface area contributed by atoms with Gasteiger partial charge in [-0.25, -0.2) is 9.97 Å². The number of carbonyl (C=O) groups excluding carboxylic acids is 1. The molecule has 0 fully saturated rings. The first-order chi connectivity index (χ1) is 16.0. The summed E-state index contributed by atoms with van der Waals surface area (Å²) < 4.78 is 5.42. The molecule has 1 aromatic heterocycles. The minimum atomic E-state index is -0.524. The fourth-order valence-electron chi connectivity index (χ4n) is 3.13. The predicted molar refractivity (Wildman–Crippen MR) is 138 cm³/mol. The molecule has 0 amide bonds. The van der Waals surface area contributed by atoms with E-state index in [1.165, 1.54) is 0 Å². The number of ether oxygens (including phenoxy) is 1. The number of nitrogens with one attached hydrogen (secondary N) is 2. The Kier molecular flexibility index (Phi) is 8.36. The summed E-state index contributed by atoms with van der Waals surface area (Å²) in [5, 5.41) is 7.49. The molecule has 34 heavy (non-hydrogen) atoms. The van der Waals surface area contributed by atoms with Gasteiger partial charge >= 0.3 is 5.97 Å². The van der Waals surface area contributed by atoms with E-state index in [-0.39, 0.29) is 11.8 Å². The quantitative estimate of drug-likeness (QED) is 0.352. The van der Waals surface area contributed by atoms with Crippen LogP contribution in [-0.2, 0) is 22.6 Å². The summed E-state index contributed by atoms with van der Waals surface area (Å²) in [5.74, 6) is 0.425. The Labute approximate surface area is 210 Å². The molecule has 0 aliphatic heterocycles. The van der Waals surface area contributed by atoms with Gasteiger partial charge in [-0.1, -0.05) is 47.5 Å². The lowest BCUT2D eigenvalue weighted by molar-refractivity contribution is -0.157. The number of rotatable bonds is 8. The minimum absolute atomic E-state index is 0.274. The fourth-order valence-corrected chi connectivity index (χ4v) is 3.66. The van der Waals surface area contributed by atoms with E-state index in [0.717, 1.165) is 16.7 Å². The number of carbonyl (C=O) groups is 1. The first kappa shape index (κ1) is 25.7. The van der Waals surface area contributed by atoms with Gasteiger partial charge in [0.15, 0.2) is 11.6 Å². The minimum Gasteiger partial charge on any atom is -0.459 e. The van der Waals surface area contributed by atoms with Gasteiger partial charge in [0.2, 0.25) is 0 Å². The molecule has 0 saturated heterocycles. The van der Waals surface area contributed by atoms with Crippen molar-refractivity contribution in [1.29, 1.82) is 0 Å². The molecule has 180 valence electrons. The van der Waals surface area contributed by atoms with E-state index in [9.17, 15) is 4.79 Å². The van der Waals surface area contributed by atoms with Gasteiger partial charge in [0.1, 0.15) is 11.6 Å². The van der Waals surface area contributed by atoms with Gasteiger partial charge in [0.25, 0.3) is 0 Å². The lowest BCUT2D eigenvalue weighted by Gasteiger charge is -2.22. The first-order valence-electron chi connectivity index (χ1n) is 10.9. The molecule has 2 aromatic carbocycles. The molecule has 9 heteroatoms. The Morgan fingerprint density at radius 1 is 1.12 bits per heavy atom. The van der Waals surface area contributed by atoms with Crippen LogP contribution in [0.25, 0.3) is 11.3 Å². The fraction of sp³-hybridized carbons (Fsp3) is 0.320. The maximum Gasteiger partial charge on any atom is 0.323 e. The average Bonchev–Trinajstić information content (AvgIpc) is 2.77. The predicted octanol–water partition coefficient (Wildman–Crippen LogP) is 5.46. The second-order valence-corrected chi connectivity index (χ2v) is 9.69. The molecule has 0 aliphatic carbocycles. The summed E-state index contributed by atoms with van der Waals surface area (Å²) in [6, 6.07) is 12.7. The molecule has 0 aliphatic rings.